The molecule has 2 rings (SSSR count). The van der Waals surface area contributed by atoms with Crippen LogP contribution in [0.5, 0.6) is 11.5 Å². The van der Waals surface area contributed by atoms with Gasteiger partial charge in [-0.1, -0.05) is 32.1 Å². The number of methoxy groups -OCH3 is 2. The minimum atomic E-state index is -0.767. The van der Waals surface area contributed by atoms with Crippen molar-refractivity contribution in [1.29, 1.82) is 0 Å². The normalized spacial score (nSPS) is 18.4. The summed E-state index contributed by atoms with van der Waals surface area (Å²) in [6.45, 7) is 1.78. The van der Waals surface area contributed by atoms with Crippen molar-refractivity contribution in [3.63, 3.8) is 0 Å². The van der Waals surface area contributed by atoms with Crippen LogP contribution in [0.25, 0.3) is 0 Å². The van der Waals surface area contributed by atoms with Crippen molar-refractivity contribution >= 4 is 24.2 Å². The highest BCUT2D eigenvalue weighted by molar-refractivity contribution is 7.80. The van der Waals surface area contributed by atoms with E-state index in [1.165, 1.54) is 32.1 Å². The first-order chi connectivity index (χ1) is 12.9. The van der Waals surface area contributed by atoms with Gasteiger partial charge in [0.1, 0.15) is 11.5 Å². The fourth-order valence-corrected chi connectivity index (χ4v) is 3.72. The molecule has 152 valence electrons. The van der Waals surface area contributed by atoms with Crippen LogP contribution in [0.15, 0.2) is 18.2 Å². The lowest BCUT2D eigenvalue weighted by Crippen LogP contribution is -2.47. The molecular weight excluding hydrogens is 364 g/mol. The molecule has 1 aliphatic carbocycles. The van der Waals surface area contributed by atoms with Crippen LogP contribution >= 0.6 is 12.6 Å². The van der Waals surface area contributed by atoms with Crippen LogP contribution in [-0.4, -0.2) is 37.7 Å². The summed E-state index contributed by atoms with van der Waals surface area (Å²) in [5, 5.41) is 2.88. The van der Waals surface area contributed by atoms with Gasteiger partial charge in [0.2, 0.25) is 0 Å². The summed E-state index contributed by atoms with van der Waals surface area (Å²) in [7, 11) is 3.13. The molecule has 0 radical (unpaired) electrons. The molecule has 1 aromatic rings. The van der Waals surface area contributed by atoms with Gasteiger partial charge in [0.15, 0.2) is 6.10 Å². The molecule has 0 saturated heterocycles. The molecule has 3 N–H and O–H groups in total. The molecule has 3 atom stereocenters. The third kappa shape index (κ3) is 6.90. The van der Waals surface area contributed by atoms with Gasteiger partial charge < -0.3 is 25.3 Å². The Morgan fingerprint density at radius 2 is 1.78 bits per heavy atom. The van der Waals surface area contributed by atoms with Crippen molar-refractivity contribution in [2.24, 2.45) is 11.7 Å². The van der Waals surface area contributed by atoms with E-state index in [0.717, 1.165) is 6.42 Å². The lowest BCUT2D eigenvalue weighted by molar-refractivity contribution is -0.129. The number of benzene rings is 1. The van der Waals surface area contributed by atoms with Crippen LogP contribution in [0.4, 0.5) is 5.69 Å². The zero-order valence-corrected chi connectivity index (χ0v) is 17.3. The predicted molar refractivity (Wildman–Crippen MR) is 111 cm³/mol. The van der Waals surface area contributed by atoms with E-state index in [1.54, 1.807) is 39.3 Å². The zero-order valence-electron chi connectivity index (χ0n) is 16.4. The van der Waals surface area contributed by atoms with E-state index in [2.05, 4.69) is 17.9 Å². The molecule has 0 spiro atoms. The number of amides is 1. The minimum absolute atomic E-state index is 0.283. The summed E-state index contributed by atoms with van der Waals surface area (Å²) >= 11 is 4.28. The molecule has 1 saturated carbocycles. The molecular formula is C20H32N2O4S. The summed E-state index contributed by atoms with van der Waals surface area (Å²) < 4.78 is 16.3. The van der Waals surface area contributed by atoms with Crippen LogP contribution in [0.3, 0.4) is 0 Å². The second-order valence-corrected chi connectivity index (χ2v) is 7.88. The van der Waals surface area contributed by atoms with Crippen LogP contribution in [0.1, 0.15) is 45.4 Å². The summed E-state index contributed by atoms with van der Waals surface area (Å²) in [5.41, 5.74) is 6.57. The van der Waals surface area contributed by atoms with Crippen molar-refractivity contribution in [2.75, 3.05) is 19.5 Å². The molecule has 0 aromatic heterocycles. The lowest BCUT2D eigenvalue weighted by Gasteiger charge is -2.29. The predicted octanol–water partition coefficient (Wildman–Crippen LogP) is 3.60. The number of rotatable bonds is 9. The molecule has 1 aromatic carbocycles. The van der Waals surface area contributed by atoms with Crippen LogP contribution in [0, 0.1) is 5.92 Å². The molecule has 1 amide bonds. The van der Waals surface area contributed by atoms with Gasteiger partial charge in [-0.2, -0.15) is 0 Å². The monoisotopic (exact) mass is 396 g/mol. The first kappa shape index (κ1) is 21.9. The van der Waals surface area contributed by atoms with Gasteiger partial charge in [-0.3, -0.25) is 4.79 Å². The molecule has 7 heteroatoms. The van der Waals surface area contributed by atoms with Crippen molar-refractivity contribution in [1.82, 2.24) is 0 Å². The second kappa shape index (κ2) is 10.8. The number of carbonyl (C=O) groups excluding carboxylic acids is 1. The van der Waals surface area contributed by atoms with E-state index in [4.69, 9.17) is 19.9 Å². The van der Waals surface area contributed by atoms with Gasteiger partial charge in [-0.15, -0.1) is 12.6 Å². The molecule has 1 aliphatic rings. The molecule has 0 bridgehead atoms. The summed E-state index contributed by atoms with van der Waals surface area (Å²) in [6.07, 6.45) is 6.12. The van der Waals surface area contributed by atoms with Crippen molar-refractivity contribution in [3.05, 3.63) is 18.2 Å². The third-order valence-electron chi connectivity index (χ3n) is 4.94. The van der Waals surface area contributed by atoms with Crippen LogP contribution in [-0.2, 0) is 9.53 Å². The Morgan fingerprint density at radius 3 is 2.30 bits per heavy atom. The average Bonchev–Trinajstić information content (AvgIpc) is 2.66. The van der Waals surface area contributed by atoms with Crippen LogP contribution < -0.4 is 20.5 Å². The van der Waals surface area contributed by atoms with E-state index in [9.17, 15) is 4.79 Å². The largest absolute Gasteiger partial charge is 0.497 e. The summed E-state index contributed by atoms with van der Waals surface area (Å²) in [4.78, 5) is 12.9. The number of anilines is 1. The third-order valence-corrected chi connectivity index (χ3v) is 5.06. The minimum Gasteiger partial charge on any atom is -0.497 e. The van der Waals surface area contributed by atoms with Crippen molar-refractivity contribution < 1.29 is 19.0 Å². The van der Waals surface area contributed by atoms with Gasteiger partial charge in [0.05, 0.1) is 19.7 Å². The molecule has 6 nitrogen and oxygen atoms in total. The topological polar surface area (TPSA) is 82.8 Å². The lowest BCUT2D eigenvalue weighted by atomic mass is 9.84. The first-order valence-electron chi connectivity index (χ1n) is 9.56. The molecule has 1 fully saturated rings. The quantitative estimate of drug-likeness (QED) is 0.439. The van der Waals surface area contributed by atoms with E-state index in [-0.39, 0.29) is 11.9 Å². The Bertz CT molecular complexity index is 583. The highest BCUT2D eigenvalue weighted by Gasteiger charge is 2.30. The van der Waals surface area contributed by atoms with Crippen molar-refractivity contribution in [2.45, 2.75) is 63.0 Å². The number of ether oxygens (including phenoxy) is 3. The van der Waals surface area contributed by atoms with Gasteiger partial charge in [0, 0.05) is 29.9 Å². The maximum atomic E-state index is 12.9. The molecule has 0 aliphatic heterocycles. The smallest absolute Gasteiger partial charge is 0.255 e. The van der Waals surface area contributed by atoms with E-state index >= 15 is 0 Å². The highest BCUT2D eigenvalue weighted by Crippen LogP contribution is 2.29. The Hall–Kier alpha value is -1.44. The summed E-state index contributed by atoms with van der Waals surface area (Å²) in [5.74, 6) is 1.46. The average molecular weight is 397 g/mol. The molecule has 2 unspecified atom stereocenters. The first-order valence-corrected chi connectivity index (χ1v) is 10.1. The van der Waals surface area contributed by atoms with E-state index < -0.39 is 11.5 Å². The highest BCUT2D eigenvalue weighted by atomic mass is 32.1. The Labute approximate surface area is 167 Å². The Kier molecular flexibility index (Phi) is 8.73. The van der Waals surface area contributed by atoms with Crippen molar-refractivity contribution in [3.8, 4) is 11.5 Å². The Morgan fingerprint density at radius 1 is 1.19 bits per heavy atom. The zero-order chi connectivity index (χ0) is 19.8. The number of nitrogens with one attached hydrogen (secondary N) is 1. The van der Waals surface area contributed by atoms with Crippen LogP contribution in [0.2, 0.25) is 0 Å². The molecule has 0 heterocycles. The Balaban J connectivity index is 2.09. The van der Waals surface area contributed by atoms with E-state index in [0.29, 0.717) is 23.1 Å². The summed E-state index contributed by atoms with van der Waals surface area (Å²) in [6, 6.07) is 4.83. The number of nitrogens with two attached hydrogens (primary N) is 1. The fourth-order valence-electron chi connectivity index (χ4n) is 3.59. The number of hydrogen-bond donors (Lipinski definition) is 3. The molecule has 27 heavy (non-hydrogen) atoms. The SMILES string of the molecule is COc1cc(NC(=O)C(OC(C)S)[C@H](N)CC2CCCCC2)cc(OC)c1. The fraction of sp³-hybridized carbons (Fsp3) is 0.650. The number of carbonyl (C=O) groups is 1. The van der Waals surface area contributed by atoms with E-state index in [1.807, 2.05) is 0 Å². The number of thiol groups is 1. The van der Waals surface area contributed by atoms with Gasteiger partial charge >= 0.3 is 0 Å². The maximum absolute atomic E-state index is 12.9. The second-order valence-electron chi connectivity index (χ2n) is 7.15. The number of hydrogen-bond acceptors (Lipinski definition) is 6. The maximum Gasteiger partial charge on any atom is 0.255 e. The van der Waals surface area contributed by atoms with Gasteiger partial charge in [-0.25, -0.2) is 0 Å². The van der Waals surface area contributed by atoms with Gasteiger partial charge in [0.25, 0.3) is 5.91 Å². The van der Waals surface area contributed by atoms with Gasteiger partial charge in [-0.05, 0) is 19.3 Å². The standard InChI is InChI=1S/C20H32N2O4S/c1-13(27)26-19(18(21)9-14-7-5-4-6-8-14)20(23)22-15-10-16(24-2)12-17(11-15)25-3/h10-14,18-19,27H,4-9,21H2,1-3H3,(H,22,23)/t13?,18-,19?/m1/s1.